The van der Waals surface area contributed by atoms with Crippen molar-refractivity contribution in [3.8, 4) is 5.75 Å². The van der Waals surface area contributed by atoms with Gasteiger partial charge in [-0.3, -0.25) is 0 Å². The van der Waals surface area contributed by atoms with Gasteiger partial charge in [0, 0.05) is 29.1 Å². The van der Waals surface area contributed by atoms with Crippen LogP contribution in [0.2, 0.25) is 0 Å². The van der Waals surface area contributed by atoms with Crippen LogP contribution >= 0.6 is 0 Å². The van der Waals surface area contributed by atoms with Crippen molar-refractivity contribution in [2.45, 2.75) is 18.9 Å². The van der Waals surface area contributed by atoms with Gasteiger partial charge in [-0.05, 0) is 45.3 Å². The molecular weight excluding hydrogens is 223 g/mol. The van der Waals surface area contributed by atoms with Crippen molar-refractivity contribution in [3.05, 3.63) is 30.5 Å². The third-order valence-corrected chi connectivity index (χ3v) is 3.56. The van der Waals surface area contributed by atoms with Crippen LogP contribution in [-0.2, 0) is 0 Å². The van der Waals surface area contributed by atoms with Crippen LogP contribution in [0.15, 0.2) is 30.5 Å². The zero-order chi connectivity index (χ0) is 13.3. The SMILES string of the molecule is [B]C(C(C)N(C)C)n1ccc2cc(OC)ccc21. The first-order chi connectivity index (χ1) is 8.54. The number of nitrogens with zero attached hydrogens (tertiary/aromatic N) is 2. The second-order valence-corrected chi connectivity index (χ2v) is 4.84. The van der Waals surface area contributed by atoms with Crippen LogP contribution in [0.5, 0.6) is 5.75 Å². The molecule has 2 rings (SSSR count). The number of hydrogen-bond donors (Lipinski definition) is 0. The van der Waals surface area contributed by atoms with Gasteiger partial charge < -0.3 is 14.2 Å². The van der Waals surface area contributed by atoms with E-state index in [4.69, 9.17) is 12.6 Å². The summed E-state index contributed by atoms with van der Waals surface area (Å²) >= 11 is 0. The lowest BCUT2D eigenvalue weighted by molar-refractivity contribution is 0.277. The fourth-order valence-electron chi connectivity index (χ4n) is 2.07. The van der Waals surface area contributed by atoms with E-state index in [0.29, 0.717) is 0 Å². The molecule has 0 spiro atoms. The maximum Gasteiger partial charge on any atom is 0.119 e. The van der Waals surface area contributed by atoms with E-state index in [2.05, 4.69) is 28.5 Å². The molecule has 0 N–H and O–H groups in total. The summed E-state index contributed by atoms with van der Waals surface area (Å²) in [6, 6.07) is 8.38. The molecule has 0 bridgehead atoms. The number of methoxy groups -OCH3 is 1. The molecule has 0 saturated heterocycles. The molecule has 0 aliphatic rings. The van der Waals surface area contributed by atoms with Gasteiger partial charge in [0.2, 0.25) is 0 Å². The Kier molecular flexibility index (Phi) is 3.67. The van der Waals surface area contributed by atoms with Gasteiger partial charge in [-0.1, -0.05) is 0 Å². The average molecular weight is 242 g/mol. The van der Waals surface area contributed by atoms with Gasteiger partial charge in [0.05, 0.1) is 7.11 Å². The molecule has 94 valence electrons. The second kappa shape index (κ2) is 5.06. The van der Waals surface area contributed by atoms with E-state index >= 15 is 0 Å². The van der Waals surface area contributed by atoms with Crippen LogP contribution in [-0.4, -0.2) is 44.6 Å². The number of likely N-dealkylation sites (N-methyl/N-ethyl adjacent to an activating group) is 1. The fraction of sp³-hybridized carbons (Fsp3) is 0.429. The number of hydrogen-bond acceptors (Lipinski definition) is 2. The van der Waals surface area contributed by atoms with Gasteiger partial charge in [-0.2, -0.15) is 0 Å². The zero-order valence-corrected chi connectivity index (χ0v) is 11.4. The Morgan fingerprint density at radius 3 is 2.61 bits per heavy atom. The summed E-state index contributed by atoms with van der Waals surface area (Å²) in [5.74, 6) is 0.806. The molecule has 2 atom stereocenters. The molecule has 1 aromatic carbocycles. The fourth-order valence-corrected chi connectivity index (χ4v) is 2.07. The van der Waals surface area contributed by atoms with E-state index in [0.717, 1.165) is 16.7 Å². The predicted octanol–water partition coefficient (Wildman–Crippen LogP) is 2.27. The number of rotatable bonds is 4. The van der Waals surface area contributed by atoms with Gasteiger partial charge in [0.15, 0.2) is 0 Å². The number of ether oxygens (including phenoxy) is 1. The van der Waals surface area contributed by atoms with Crippen molar-refractivity contribution in [2.24, 2.45) is 0 Å². The van der Waals surface area contributed by atoms with Crippen molar-refractivity contribution in [3.63, 3.8) is 0 Å². The highest BCUT2D eigenvalue weighted by molar-refractivity contribution is 6.11. The zero-order valence-electron chi connectivity index (χ0n) is 11.4. The van der Waals surface area contributed by atoms with E-state index in [1.165, 1.54) is 0 Å². The lowest BCUT2D eigenvalue weighted by atomic mass is 9.89. The molecule has 3 nitrogen and oxygen atoms in total. The molecule has 0 fully saturated rings. The summed E-state index contributed by atoms with van der Waals surface area (Å²) in [4.78, 5) is 2.13. The van der Waals surface area contributed by atoms with E-state index in [1.807, 2.05) is 32.4 Å². The van der Waals surface area contributed by atoms with E-state index in [9.17, 15) is 0 Å². The Labute approximate surface area is 110 Å². The van der Waals surface area contributed by atoms with E-state index in [-0.39, 0.29) is 12.0 Å². The summed E-state index contributed by atoms with van der Waals surface area (Å²) in [7, 11) is 12.1. The lowest BCUT2D eigenvalue weighted by Crippen LogP contribution is -2.34. The Bertz CT molecular complexity index is 536. The van der Waals surface area contributed by atoms with E-state index < -0.39 is 0 Å². The number of aromatic nitrogens is 1. The molecule has 0 aliphatic carbocycles. The molecular formula is C14H19BN2O. The summed E-state index contributed by atoms with van der Waals surface area (Å²) in [5, 5.41) is 1.15. The summed E-state index contributed by atoms with van der Waals surface area (Å²) in [5.41, 5.74) is 1.14. The molecule has 2 aromatic rings. The molecule has 4 heteroatoms. The first kappa shape index (κ1) is 13.0. The van der Waals surface area contributed by atoms with Crippen LogP contribution in [0.3, 0.4) is 0 Å². The molecule has 0 aliphatic heterocycles. The summed E-state index contributed by atoms with van der Waals surface area (Å²) < 4.78 is 7.34. The quantitative estimate of drug-likeness (QED) is 0.765. The molecule has 2 unspecified atom stereocenters. The Morgan fingerprint density at radius 2 is 2.00 bits per heavy atom. The van der Waals surface area contributed by atoms with Crippen molar-refractivity contribution >= 4 is 18.7 Å². The van der Waals surface area contributed by atoms with Crippen LogP contribution in [0.4, 0.5) is 0 Å². The Balaban J connectivity index is 2.40. The summed E-state index contributed by atoms with van der Waals surface area (Å²) in [6.07, 6.45) is 2.04. The van der Waals surface area contributed by atoms with Crippen molar-refractivity contribution in [2.75, 3.05) is 21.2 Å². The van der Waals surface area contributed by atoms with Crippen molar-refractivity contribution in [1.29, 1.82) is 0 Å². The summed E-state index contributed by atoms with van der Waals surface area (Å²) in [6.45, 7) is 2.13. The molecule has 18 heavy (non-hydrogen) atoms. The third-order valence-electron chi connectivity index (χ3n) is 3.56. The Morgan fingerprint density at radius 1 is 1.28 bits per heavy atom. The first-order valence-electron chi connectivity index (χ1n) is 6.11. The number of fused-ring (bicyclic) bond motifs is 1. The van der Waals surface area contributed by atoms with Crippen LogP contribution in [0.1, 0.15) is 12.9 Å². The highest BCUT2D eigenvalue weighted by Crippen LogP contribution is 2.25. The maximum absolute atomic E-state index is 6.31. The average Bonchev–Trinajstić information content (AvgIpc) is 2.79. The predicted molar refractivity (Wildman–Crippen MR) is 76.4 cm³/mol. The van der Waals surface area contributed by atoms with Gasteiger partial charge in [-0.25, -0.2) is 0 Å². The molecule has 0 amide bonds. The van der Waals surface area contributed by atoms with Crippen molar-refractivity contribution < 1.29 is 4.74 Å². The number of benzene rings is 1. The second-order valence-electron chi connectivity index (χ2n) is 4.84. The Hall–Kier alpha value is -1.42. The van der Waals surface area contributed by atoms with Gasteiger partial charge in [0.1, 0.15) is 13.6 Å². The van der Waals surface area contributed by atoms with Crippen LogP contribution in [0.25, 0.3) is 10.9 Å². The maximum atomic E-state index is 6.31. The van der Waals surface area contributed by atoms with Gasteiger partial charge >= 0.3 is 0 Å². The minimum Gasteiger partial charge on any atom is -0.497 e. The van der Waals surface area contributed by atoms with Gasteiger partial charge in [-0.15, -0.1) is 0 Å². The monoisotopic (exact) mass is 242 g/mol. The van der Waals surface area contributed by atoms with Crippen molar-refractivity contribution in [1.82, 2.24) is 9.47 Å². The van der Waals surface area contributed by atoms with Gasteiger partial charge in [0.25, 0.3) is 0 Å². The standard InChI is InChI=1S/C14H19BN2O/c1-10(16(2)3)14(15)17-8-7-11-9-12(18-4)5-6-13(11)17/h5-10,14H,1-4H3. The highest BCUT2D eigenvalue weighted by atomic mass is 16.5. The third kappa shape index (κ3) is 2.25. The highest BCUT2D eigenvalue weighted by Gasteiger charge is 2.16. The normalized spacial score (nSPS) is 14.9. The topological polar surface area (TPSA) is 17.4 Å². The first-order valence-corrected chi connectivity index (χ1v) is 6.11. The smallest absolute Gasteiger partial charge is 0.119 e. The molecule has 1 aromatic heterocycles. The molecule has 0 saturated carbocycles. The lowest BCUT2D eigenvalue weighted by Gasteiger charge is -2.28. The minimum atomic E-state index is -0.0640. The minimum absolute atomic E-state index is 0.0640. The van der Waals surface area contributed by atoms with Crippen LogP contribution in [0, 0.1) is 0 Å². The molecule has 2 radical (unpaired) electrons. The largest absolute Gasteiger partial charge is 0.497 e. The van der Waals surface area contributed by atoms with E-state index in [1.54, 1.807) is 7.11 Å². The van der Waals surface area contributed by atoms with Crippen LogP contribution < -0.4 is 4.74 Å². The molecule has 1 heterocycles.